The first kappa shape index (κ1) is 43.4. The Morgan fingerprint density at radius 2 is 1.28 bits per heavy atom. The molecule has 8 atom stereocenters. The van der Waals surface area contributed by atoms with Gasteiger partial charge in [-0.25, -0.2) is 4.79 Å². The summed E-state index contributed by atoms with van der Waals surface area (Å²) < 4.78 is 0. The Bertz CT molecular complexity index is 1000. The van der Waals surface area contributed by atoms with Gasteiger partial charge < -0.3 is 48.3 Å². The number of carboxylic acids is 1. The van der Waals surface area contributed by atoms with Crippen LogP contribution in [0.25, 0.3) is 0 Å². The Kier molecular flexibility index (Phi) is 21.6. The summed E-state index contributed by atoms with van der Waals surface area (Å²) >= 11 is 5.64. The average Bonchev–Trinajstić information content (AvgIpc) is 3.00. The van der Waals surface area contributed by atoms with Crippen LogP contribution >= 0.6 is 24.4 Å². The van der Waals surface area contributed by atoms with Crippen LogP contribution in [0.1, 0.15) is 66.7 Å². The van der Waals surface area contributed by atoms with Crippen LogP contribution in [0.4, 0.5) is 0 Å². The highest BCUT2D eigenvalue weighted by Crippen LogP contribution is 2.12. The highest BCUT2D eigenvalue weighted by Gasteiger charge is 2.35. The van der Waals surface area contributed by atoms with Gasteiger partial charge in [0, 0.05) is 5.75 Å². The van der Waals surface area contributed by atoms with Crippen LogP contribution in [0.2, 0.25) is 0 Å². The average molecular weight is 694 g/mol. The van der Waals surface area contributed by atoms with E-state index in [2.05, 4.69) is 39.2 Å². The van der Waals surface area contributed by atoms with E-state index in [1.54, 1.807) is 20.8 Å². The third-order valence-electron chi connectivity index (χ3n) is 7.48. The molecule has 0 saturated carbocycles. The van der Waals surface area contributed by atoms with Crippen molar-refractivity contribution in [3.05, 3.63) is 0 Å². The minimum absolute atomic E-state index is 0.148. The third kappa shape index (κ3) is 15.3. The zero-order valence-electron chi connectivity index (χ0n) is 27.7. The Labute approximate surface area is 281 Å². The second kappa shape index (κ2) is 22.8. The SMILES string of the molecule is CC[C@H](C)[C@H](NC(=O)[C@@H](NC(=O)[C@H](CS)NC(=O)[C@H](CCCCN)NC(=O)[C@@H](N)[C@@H](C)O)C(C)C)C(=O)N[C@@H](CCSC)C(=O)O. The maximum atomic E-state index is 13.5. The van der Waals surface area contributed by atoms with Gasteiger partial charge in [-0.15, -0.1) is 0 Å². The number of aliphatic hydroxyl groups excluding tert-OH is 1. The van der Waals surface area contributed by atoms with Crippen molar-refractivity contribution in [2.24, 2.45) is 23.3 Å². The number of carboxylic acid groups (broad SMARTS) is 1. The molecule has 0 aliphatic carbocycles. The molecule has 266 valence electrons. The molecule has 0 bridgehead atoms. The molecule has 0 aliphatic heterocycles. The molecule has 0 rings (SSSR count). The van der Waals surface area contributed by atoms with Crippen molar-refractivity contribution in [3.8, 4) is 0 Å². The van der Waals surface area contributed by atoms with E-state index in [1.165, 1.54) is 18.7 Å². The lowest BCUT2D eigenvalue weighted by Crippen LogP contribution is -2.61. The van der Waals surface area contributed by atoms with Gasteiger partial charge in [-0.2, -0.15) is 24.4 Å². The van der Waals surface area contributed by atoms with Gasteiger partial charge >= 0.3 is 5.97 Å². The number of unbranched alkanes of at least 4 members (excludes halogenated alkanes) is 1. The van der Waals surface area contributed by atoms with Crippen molar-refractivity contribution in [1.82, 2.24) is 26.6 Å². The second-order valence-corrected chi connectivity index (χ2v) is 13.0. The molecule has 11 N–H and O–H groups in total. The van der Waals surface area contributed by atoms with Crippen LogP contribution in [-0.4, -0.2) is 112 Å². The van der Waals surface area contributed by atoms with Crippen molar-refractivity contribution in [1.29, 1.82) is 0 Å². The first-order chi connectivity index (χ1) is 21.5. The number of thioether (sulfide) groups is 1. The number of aliphatic carboxylic acids is 1. The fraction of sp³-hybridized carbons (Fsp3) is 0.793. The fourth-order valence-electron chi connectivity index (χ4n) is 4.20. The Hall–Kier alpha value is -2.60. The molecule has 0 heterocycles. The molecule has 0 aromatic rings. The van der Waals surface area contributed by atoms with Crippen LogP contribution in [0.15, 0.2) is 0 Å². The van der Waals surface area contributed by atoms with E-state index in [9.17, 15) is 39.0 Å². The number of thiol groups is 1. The summed E-state index contributed by atoms with van der Waals surface area (Å²) in [6, 6.07) is -6.88. The van der Waals surface area contributed by atoms with Crippen LogP contribution < -0.4 is 38.1 Å². The van der Waals surface area contributed by atoms with Gasteiger partial charge in [0.2, 0.25) is 29.5 Å². The number of hydrogen-bond acceptors (Lipinski definition) is 11. The lowest BCUT2D eigenvalue weighted by atomic mass is 9.96. The van der Waals surface area contributed by atoms with Crippen molar-refractivity contribution in [2.45, 2.75) is 109 Å². The molecule has 15 nitrogen and oxygen atoms in total. The minimum Gasteiger partial charge on any atom is -0.480 e. The summed E-state index contributed by atoms with van der Waals surface area (Å²) in [6.45, 7) is 8.66. The monoisotopic (exact) mass is 693 g/mol. The Morgan fingerprint density at radius 1 is 0.761 bits per heavy atom. The molecule has 0 spiro atoms. The van der Waals surface area contributed by atoms with Gasteiger partial charge in [-0.1, -0.05) is 34.1 Å². The first-order valence-electron chi connectivity index (χ1n) is 15.5. The molecule has 0 aliphatic rings. The van der Waals surface area contributed by atoms with Crippen molar-refractivity contribution in [3.63, 3.8) is 0 Å². The zero-order valence-corrected chi connectivity index (χ0v) is 29.4. The lowest BCUT2D eigenvalue weighted by molar-refractivity contribution is -0.142. The molecule has 17 heteroatoms. The van der Waals surface area contributed by atoms with Gasteiger partial charge in [0.05, 0.1) is 6.10 Å². The normalized spacial score (nSPS) is 16.5. The Morgan fingerprint density at radius 3 is 1.76 bits per heavy atom. The van der Waals surface area contributed by atoms with E-state index in [0.717, 1.165) is 0 Å². The predicted octanol–water partition coefficient (Wildman–Crippen LogP) is -1.28. The summed E-state index contributed by atoms with van der Waals surface area (Å²) in [4.78, 5) is 77.3. The predicted molar refractivity (Wildman–Crippen MR) is 181 cm³/mol. The molecule has 5 amide bonds. The summed E-state index contributed by atoms with van der Waals surface area (Å²) in [7, 11) is 0. The minimum atomic E-state index is -1.27. The third-order valence-corrected chi connectivity index (χ3v) is 8.49. The van der Waals surface area contributed by atoms with E-state index in [4.69, 9.17) is 11.5 Å². The molecule has 0 fully saturated rings. The number of amides is 5. The number of carbonyl (C=O) groups excluding carboxylic acids is 5. The number of carbonyl (C=O) groups is 6. The standard InChI is InChI=1S/C29H55N7O8S2/c1-7-16(4)23(28(42)33-19(29(43)44)11-13-46-6)36-27(41)22(15(2)3)35-25(39)20(14-45)34-24(38)18(10-8-9-12-30)32-26(40)21(31)17(5)37/h15-23,37,45H,7-14,30-31H2,1-6H3,(H,32,40)(H,33,42)(H,34,38)(H,35,39)(H,36,41)(H,43,44)/t16-,17+,18-,19-,20-,21-,22-,23-/m0/s1. The van der Waals surface area contributed by atoms with E-state index >= 15 is 0 Å². The number of nitrogens with two attached hydrogens (primary N) is 2. The quantitative estimate of drug-likeness (QED) is 0.0445. The number of hydrogen-bond donors (Lipinski definition) is 10. The van der Waals surface area contributed by atoms with Gasteiger partial charge in [0.15, 0.2) is 0 Å². The number of rotatable bonds is 23. The van der Waals surface area contributed by atoms with Crippen molar-refractivity contribution >= 4 is 59.9 Å². The van der Waals surface area contributed by atoms with Gasteiger partial charge in [-0.3, -0.25) is 24.0 Å². The van der Waals surface area contributed by atoms with Crippen LogP contribution in [0.3, 0.4) is 0 Å². The topological polar surface area (TPSA) is 255 Å². The smallest absolute Gasteiger partial charge is 0.326 e. The zero-order chi connectivity index (χ0) is 35.6. The van der Waals surface area contributed by atoms with Crippen LogP contribution in [-0.2, 0) is 28.8 Å². The maximum Gasteiger partial charge on any atom is 0.326 e. The lowest BCUT2D eigenvalue weighted by Gasteiger charge is -2.30. The summed E-state index contributed by atoms with van der Waals surface area (Å²) in [5.41, 5.74) is 11.3. The maximum absolute atomic E-state index is 13.5. The van der Waals surface area contributed by atoms with E-state index in [1.807, 2.05) is 13.2 Å². The molecule has 0 aromatic carbocycles. The molecule has 46 heavy (non-hydrogen) atoms. The van der Waals surface area contributed by atoms with E-state index < -0.39 is 83.8 Å². The highest BCUT2D eigenvalue weighted by molar-refractivity contribution is 7.98. The largest absolute Gasteiger partial charge is 0.480 e. The van der Waals surface area contributed by atoms with E-state index in [-0.39, 0.29) is 24.5 Å². The van der Waals surface area contributed by atoms with Crippen molar-refractivity contribution in [2.75, 3.05) is 24.3 Å². The van der Waals surface area contributed by atoms with Crippen LogP contribution in [0.5, 0.6) is 0 Å². The first-order valence-corrected chi connectivity index (χ1v) is 17.6. The molecule has 0 aromatic heterocycles. The molecule has 0 radical (unpaired) electrons. The van der Waals surface area contributed by atoms with Crippen molar-refractivity contribution < 1.29 is 39.0 Å². The summed E-state index contributed by atoms with van der Waals surface area (Å²) in [5.74, 6) is -5.10. The molecular weight excluding hydrogens is 638 g/mol. The Balaban J connectivity index is 5.82. The molecule has 0 unspecified atom stereocenters. The van der Waals surface area contributed by atoms with Gasteiger partial charge in [0.25, 0.3) is 0 Å². The van der Waals surface area contributed by atoms with Crippen LogP contribution in [0, 0.1) is 11.8 Å². The fourth-order valence-corrected chi connectivity index (χ4v) is 4.93. The number of aliphatic hydroxyl groups is 1. The second-order valence-electron chi connectivity index (χ2n) is 11.6. The summed E-state index contributed by atoms with van der Waals surface area (Å²) in [6.07, 6.45) is 2.62. The van der Waals surface area contributed by atoms with Gasteiger partial charge in [0.1, 0.15) is 36.3 Å². The molecular formula is C29H55N7O8S2. The summed E-state index contributed by atoms with van der Waals surface area (Å²) in [5, 5.41) is 32.1. The van der Waals surface area contributed by atoms with Gasteiger partial charge in [-0.05, 0) is 63.0 Å². The molecule has 0 saturated heterocycles. The van der Waals surface area contributed by atoms with E-state index in [0.29, 0.717) is 31.6 Å². The number of nitrogens with one attached hydrogen (secondary N) is 5. The highest BCUT2D eigenvalue weighted by atomic mass is 32.2.